The van der Waals surface area contributed by atoms with Gasteiger partial charge in [0.05, 0.1) is 22.5 Å². The quantitative estimate of drug-likeness (QED) is 0.659. The number of carbonyl (C=O) groups is 1. The lowest BCUT2D eigenvalue weighted by Crippen LogP contribution is -2.21. The highest BCUT2D eigenvalue weighted by molar-refractivity contribution is 7.16. The molecule has 3 heterocycles. The molecular weight excluding hydrogens is 344 g/mol. The van der Waals surface area contributed by atoms with Crippen molar-refractivity contribution in [1.29, 1.82) is 0 Å². The molecule has 3 aromatic rings. The molecule has 0 aromatic carbocycles. The third-order valence-electron chi connectivity index (χ3n) is 3.01. The van der Waals surface area contributed by atoms with Crippen LogP contribution < -0.4 is 5.56 Å². The number of aromatic nitrogens is 2. The molecule has 0 saturated heterocycles. The monoisotopic (exact) mass is 354 g/mol. The Labute approximate surface area is 138 Å². The lowest BCUT2D eigenvalue weighted by Gasteiger charge is -2.05. The van der Waals surface area contributed by atoms with Gasteiger partial charge in [-0.05, 0) is 23.6 Å². The van der Waals surface area contributed by atoms with Crippen LogP contribution in [0.4, 0.5) is 0 Å². The van der Waals surface area contributed by atoms with Gasteiger partial charge < -0.3 is 4.74 Å². The van der Waals surface area contributed by atoms with Crippen molar-refractivity contribution >= 4 is 50.5 Å². The van der Waals surface area contributed by atoms with Gasteiger partial charge in [-0.2, -0.15) is 0 Å². The van der Waals surface area contributed by atoms with E-state index >= 15 is 0 Å². The van der Waals surface area contributed by atoms with Crippen LogP contribution in [0.5, 0.6) is 0 Å². The molecule has 0 spiro atoms. The molecule has 0 amide bonds. The highest BCUT2D eigenvalue weighted by Gasteiger charge is 2.09. The van der Waals surface area contributed by atoms with Crippen LogP contribution in [0.1, 0.15) is 11.3 Å². The van der Waals surface area contributed by atoms with Gasteiger partial charge in [0, 0.05) is 11.4 Å². The maximum absolute atomic E-state index is 12.1. The minimum Gasteiger partial charge on any atom is -0.460 e. The molecule has 0 fully saturated rings. The van der Waals surface area contributed by atoms with Gasteiger partial charge in [-0.15, -0.1) is 22.7 Å². The first kappa shape index (κ1) is 15.2. The number of nitrogens with zero attached hydrogens (tertiary/aromatic N) is 2. The number of carbonyl (C=O) groups excluding carboxylic acids is 1. The van der Waals surface area contributed by atoms with E-state index in [0.717, 1.165) is 4.88 Å². The summed E-state index contributed by atoms with van der Waals surface area (Å²) < 4.78 is 7.24. The van der Waals surface area contributed by atoms with E-state index in [1.807, 2.05) is 11.4 Å². The molecular formula is C14H11ClN2O3S2. The second-order valence-electron chi connectivity index (χ2n) is 4.50. The predicted molar refractivity (Wildman–Crippen MR) is 87.6 cm³/mol. The smallest absolute Gasteiger partial charge is 0.307 e. The van der Waals surface area contributed by atoms with Crippen molar-refractivity contribution in [2.24, 2.45) is 0 Å². The zero-order valence-corrected chi connectivity index (χ0v) is 13.7. The average Bonchev–Trinajstić information content (AvgIpc) is 3.13. The summed E-state index contributed by atoms with van der Waals surface area (Å²) in [7, 11) is 0. The normalized spacial score (nSPS) is 11.0. The highest BCUT2D eigenvalue weighted by Crippen LogP contribution is 2.22. The molecule has 114 valence electrons. The fourth-order valence-electron chi connectivity index (χ4n) is 1.92. The summed E-state index contributed by atoms with van der Waals surface area (Å²) in [5, 5.41) is 2.40. The molecule has 5 nitrogen and oxygen atoms in total. The number of rotatable bonds is 5. The molecule has 0 unspecified atom stereocenters. The number of aryl methyl sites for hydroxylation is 1. The van der Waals surface area contributed by atoms with E-state index in [1.54, 1.807) is 12.1 Å². The molecule has 0 saturated carbocycles. The van der Waals surface area contributed by atoms with Crippen molar-refractivity contribution < 1.29 is 9.53 Å². The molecule has 0 bridgehead atoms. The maximum Gasteiger partial charge on any atom is 0.307 e. The highest BCUT2D eigenvalue weighted by atomic mass is 35.5. The maximum atomic E-state index is 12.1. The van der Waals surface area contributed by atoms with Gasteiger partial charge in [0.2, 0.25) is 0 Å². The minimum absolute atomic E-state index is 0.121. The first-order valence-electron chi connectivity index (χ1n) is 6.46. The van der Waals surface area contributed by atoms with Crippen LogP contribution >= 0.6 is 34.3 Å². The van der Waals surface area contributed by atoms with Gasteiger partial charge in [-0.1, -0.05) is 11.6 Å². The van der Waals surface area contributed by atoms with Crippen molar-refractivity contribution in [3.63, 3.8) is 0 Å². The van der Waals surface area contributed by atoms with Crippen LogP contribution in [0.3, 0.4) is 0 Å². The van der Waals surface area contributed by atoms with E-state index in [1.165, 1.54) is 33.6 Å². The Hall–Kier alpha value is -1.70. The summed E-state index contributed by atoms with van der Waals surface area (Å²) in [6, 6.07) is 5.32. The SMILES string of the molecule is O=C(CCn1cnc2sccc2c1=O)OCc1ccc(Cl)s1. The fraction of sp³-hybridized carbons (Fsp3) is 0.214. The molecule has 8 heteroatoms. The Morgan fingerprint density at radius 3 is 3.00 bits per heavy atom. The van der Waals surface area contributed by atoms with Crippen LogP contribution in [-0.4, -0.2) is 15.5 Å². The van der Waals surface area contributed by atoms with Gasteiger partial charge in [0.15, 0.2) is 0 Å². The molecule has 0 aliphatic heterocycles. The van der Waals surface area contributed by atoms with Gasteiger partial charge >= 0.3 is 5.97 Å². The van der Waals surface area contributed by atoms with Crippen molar-refractivity contribution in [3.05, 3.63) is 49.5 Å². The molecule has 0 aliphatic carbocycles. The predicted octanol–water partition coefficient (Wildman–Crippen LogP) is 3.31. The van der Waals surface area contributed by atoms with Gasteiger partial charge in [-0.3, -0.25) is 14.2 Å². The first-order valence-corrected chi connectivity index (χ1v) is 8.53. The van der Waals surface area contributed by atoms with Crippen molar-refractivity contribution in [2.75, 3.05) is 0 Å². The first-order chi connectivity index (χ1) is 10.6. The number of hydrogen-bond donors (Lipinski definition) is 0. The Morgan fingerprint density at radius 1 is 1.36 bits per heavy atom. The molecule has 0 N–H and O–H groups in total. The molecule has 0 atom stereocenters. The number of fused-ring (bicyclic) bond motifs is 1. The van der Waals surface area contributed by atoms with Gasteiger partial charge in [0.1, 0.15) is 11.4 Å². The zero-order valence-electron chi connectivity index (χ0n) is 11.3. The fourth-order valence-corrected chi connectivity index (χ4v) is 3.64. The topological polar surface area (TPSA) is 61.2 Å². The number of esters is 1. The molecule has 0 aliphatic rings. The summed E-state index contributed by atoms with van der Waals surface area (Å²) >= 11 is 8.60. The Balaban J connectivity index is 1.58. The lowest BCUT2D eigenvalue weighted by molar-refractivity contribution is -0.145. The van der Waals surface area contributed by atoms with Crippen LogP contribution in [0, 0.1) is 0 Å². The average molecular weight is 355 g/mol. The Kier molecular flexibility index (Phi) is 4.56. The molecule has 0 radical (unpaired) electrons. The van der Waals surface area contributed by atoms with Crippen molar-refractivity contribution in [1.82, 2.24) is 9.55 Å². The van der Waals surface area contributed by atoms with E-state index in [2.05, 4.69) is 4.98 Å². The zero-order chi connectivity index (χ0) is 15.5. The Bertz CT molecular complexity index is 868. The van der Waals surface area contributed by atoms with Gasteiger partial charge in [-0.25, -0.2) is 4.98 Å². The summed E-state index contributed by atoms with van der Waals surface area (Å²) in [5.41, 5.74) is -0.135. The van der Waals surface area contributed by atoms with Gasteiger partial charge in [0.25, 0.3) is 5.56 Å². The number of hydrogen-bond acceptors (Lipinski definition) is 6. The van der Waals surface area contributed by atoms with E-state index < -0.39 is 0 Å². The number of halogens is 1. The van der Waals surface area contributed by atoms with E-state index in [0.29, 0.717) is 14.6 Å². The Morgan fingerprint density at radius 2 is 2.23 bits per heavy atom. The van der Waals surface area contributed by atoms with Crippen molar-refractivity contribution in [3.8, 4) is 0 Å². The summed E-state index contributed by atoms with van der Waals surface area (Å²) in [5.74, 6) is -0.359. The number of thiophene rings is 2. The van der Waals surface area contributed by atoms with Crippen LogP contribution in [0.2, 0.25) is 4.34 Å². The third kappa shape index (κ3) is 3.37. The summed E-state index contributed by atoms with van der Waals surface area (Å²) in [6.07, 6.45) is 1.59. The number of ether oxygens (including phenoxy) is 1. The second-order valence-corrected chi connectivity index (χ2v) is 7.19. The summed E-state index contributed by atoms with van der Waals surface area (Å²) in [6.45, 7) is 0.453. The summed E-state index contributed by atoms with van der Waals surface area (Å²) in [4.78, 5) is 29.7. The third-order valence-corrected chi connectivity index (χ3v) is 5.04. The van der Waals surface area contributed by atoms with E-state index in [4.69, 9.17) is 16.3 Å². The van der Waals surface area contributed by atoms with E-state index in [9.17, 15) is 9.59 Å². The van der Waals surface area contributed by atoms with Crippen LogP contribution in [0.15, 0.2) is 34.7 Å². The van der Waals surface area contributed by atoms with Crippen molar-refractivity contribution in [2.45, 2.75) is 19.6 Å². The van der Waals surface area contributed by atoms with E-state index in [-0.39, 0.29) is 31.1 Å². The minimum atomic E-state index is -0.359. The standard InChI is InChI=1S/C14H11ClN2O3S2/c15-11-2-1-9(22-11)7-20-12(18)3-5-17-8-16-13-10(14(17)19)4-6-21-13/h1-2,4,6,8H,3,5,7H2. The molecule has 3 aromatic heterocycles. The van der Waals surface area contributed by atoms with Crippen LogP contribution in [-0.2, 0) is 22.7 Å². The molecule has 3 rings (SSSR count). The second kappa shape index (κ2) is 6.60. The lowest BCUT2D eigenvalue weighted by atomic mass is 10.4. The van der Waals surface area contributed by atoms with Crippen LogP contribution in [0.25, 0.3) is 10.2 Å². The molecule has 22 heavy (non-hydrogen) atoms. The largest absolute Gasteiger partial charge is 0.460 e.